The molecule has 22 heavy (non-hydrogen) atoms. The Bertz CT molecular complexity index is 669. The van der Waals surface area contributed by atoms with E-state index in [1.807, 2.05) is 24.3 Å². The fraction of sp³-hybridized carbons (Fsp3) is 0.562. The van der Waals surface area contributed by atoms with E-state index in [1.165, 1.54) is 0 Å². The minimum Gasteiger partial charge on any atom is -0.299 e. The van der Waals surface area contributed by atoms with Crippen LogP contribution in [0.3, 0.4) is 0 Å². The second kappa shape index (κ2) is 6.37. The van der Waals surface area contributed by atoms with Crippen molar-refractivity contribution >= 4 is 10.0 Å². The SMILES string of the molecule is N#Cc1cccc(CN2CCC(NS(=O)(=O)C3CC3)CC2)c1. The largest absolute Gasteiger partial charge is 0.299 e. The summed E-state index contributed by atoms with van der Waals surface area (Å²) in [7, 11) is -3.08. The summed E-state index contributed by atoms with van der Waals surface area (Å²) in [5.41, 5.74) is 1.82. The second-order valence-corrected chi connectivity index (χ2v) is 8.22. The highest BCUT2D eigenvalue weighted by molar-refractivity contribution is 7.90. The number of hydrogen-bond acceptors (Lipinski definition) is 4. The van der Waals surface area contributed by atoms with Crippen molar-refractivity contribution in [3.05, 3.63) is 35.4 Å². The van der Waals surface area contributed by atoms with E-state index in [1.54, 1.807) is 0 Å². The van der Waals surface area contributed by atoms with E-state index in [4.69, 9.17) is 5.26 Å². The van der Waals surface area contributed by atoms with Gasteiger partial charge in [-0.1, -0.05) is 12.1 Å². The van der Waals surface area contributed by atoms with Crippen LogP contribution in [-0.4, -0.2) is 37.7 Å². The summed E-state index contributed by atoms with van der Waals surface area (Å²) in [6.07, 6.45) is 3.32. The molecule has 118 valence electrons. The number of likely N-dealkylation sites (tertiary alicyclic amines) is 1. The zero-order valence-electron chi connectivity index (χ0n) is 12.5. The Morgan fingerprint density at radius 3 is 2.59 bits per heavy atom. The average molecular weight is 319 g/mol. The predicted molar refractivity (Wildman–Crippen MR) is 84.5 cm³/mol. The molecule has 1 aliphatic carbocycles. The van der Waals surface area contributed by atoms with Gasteiger partial charge in [0.15, 0.2) is 0 Å². The van der Waals surface area contributed by atoms with Crippen molar-refractivity contribution in [2.24, 2.45) is 0 Å². The molecule has 0 aromatic heterocycles. The van der Waals surface area contributed by atoms with Gasteiger partial charge in [0.25, 0.3) is 0 Å². The van der Waals surface area contributed by atoms with Crippen LogP contribution < -0.4 is 4.72 Å². The van der Waals surface area contributed by atoms with Crippen molar-refractivity contribution in [3.63, 3.8) is 0 Å². The minimum absolute atomic E-state index is 0.0762. The topological polar surface area (TPSA) is 73.2 Å². The maximum atomic E-state index is 11.9. The first-order chi connectivity index (χ1) is 10.6. The highest BCUT2D eigenvalue weighted by atomic mass is 32.2. The molecule has 0 unspecified atom stereocenters. The van der Waals surface area contributed by atoms with Gasteiger partial charge in [-0.15, -0.1) is 0 Å². The molecular weight excluding hydrogens is 298 g/mol. The third-order valence-electron chi connectivity index (χ3n) is 4.34. The van der Waals surface area contributed by atoms with Gasteiger partial charge >= 0.3 is 0 Å². The molecule has 0 bridgehead atoms. The third kappa shape index (κ3) is 3.86. The van der Waals surface area contributed by atoms with Gasteiger partial charge in [-0.2, -0.15) is 5.26 Å². The normalized spacial score (nSPS) is 20.7. The zero-order valence-corrected chi connectivity index (χ0v) is 13.3. The summed E-state index contributed by atoms with van der Waals surface area (Å²) in [6, 6.07) is 9.90. The Labute approximate surface area is 132 Å². The number of sulfonamides is 1. The van der Waals surface area contributed by atoms with E-state index in [0.29, 0.717) is 5.56 Å². The fourth-order valence-electron chi connectivity index (χ4n) is 2.91. The molecular formula is C16H21N3O2S. The van der Waals surface area contributed by atoms with Crippen LogP contribution in [0.2, 0.25) is 0 Å². The number of benzene rings is 1. The van der Waals surface area contributed by atoms with Gasteiger partial charge in [-0.05, 0) is 43.4 Å². The highest BCUT2D eigenvalue weighted by Gasteiger charge is 2.37. The van der Waals surface area contributed by atoms with E-state index >= 15 is 0 Å². The first-order valence-electron chi connectivity index (χ1n) is 7.79. The van der Waals surface area contributed by atoms with E-state index in [9.17, 15) is 8.42 Å². The summed E-state index contributed by atoms with van der Waals surface area (Å²) >= 11 is 0. The third-order valence-corrected chi connectivity index (χ3v) is 6.35. The Kier molecular flexibility index (Phi) is 4.48. The highest BCUT2D eigenvalue weighted by Crippen LogP contribution is 2.28. The minimum atomic E-state index is -3.08. The van der Waals surface area contributed by atoms with Gasteiger partial charge < -0.3 is 0 Å². The van der Waals surface area contributed by atoms with Crippen LogP contribution in [0, 0.1) is 11.3 Å². The van der Waals surface area contributed by atoms with Gasteiger partial charge in [-0.3, -0.25) is 4.90 Å². The molecule has 1 saturated carbocycles. The summed E-state index contributed by atoms with van der Waals surface area (Å²) in [5.74, 6) is 0. The van der Waals surface area contributed by atoms with Crippen LogP contribution >= 0.6 is 0 Å². The van der Waals surface area contributed by atoms with Crippen molar-refractivity contribution < 1.29 is 8.42 Å². The Balaban J connectivity index is 1.50. The van der Waals surface area contributed by atoms with Crippen LogP contribution in [0.4, 0.5) is 0 Å². The molecule has 0 radical (unpaired) electrons. The number of nitrogens with one attached hydrogen (secondary N) is 1. The van der Waals surface area contributed by atoms with Crippen molar-refractivity contribution in [1.29, 1.82) is 5.26 Å². The lowest BCUT2D eigenvalue weighted by Gasteiger charge is -2.32. The summed E-state index contributed by atoms with van der Waals surface area (Å²) in [6.45, 7) is 2.58. The molecule has 1 saturated heterocycles. The summed E-state index contributed by atoms with van der Waals surface area (Å²) in [5, 5.41) is 8.79. The monoisotopic (exact) mass is 319 g/mol. The van der Waals surface area contributed by atoms with Gasteiger partial charge in [0.05, 0.1) is 16.9 Å². The first kappa shape index (κ1) is 15.5. The lowest BCUT2D eigenvalue weighted by molar-refractivity contribution is 0.200. The predicted octanol–water partition coefficient (Wildman–Crippen LogP) is 1.60. The van der Waals surface area contributed by atoms with Crippen LogP contribution in [0.15, 0.2) is 24.3 Å². The van der Waals surface area contributed by atoms with Crippen LogP contribution in [0.1, 0.15) is 36.8 Å². The molecule has 0 atom stereocenters. The van der Waals surface area contributed by atoms with E-state index < -0.39 is 10.0 Å². The van der Waals surface area contributed by atoms with Crippen LogP contribution in [-0.2, 0) is 16.6 Å². The summed E-state index contributed by atoms with van der Waals surface area (Å²) < 4.78 is 26.8. The number of nitrogens with zero attached hydrogens (tertiary/aromatic N) is 2. The van der Waals surface area contributed by atoms with E-state index in [2.05, 4.69) is 15.7 Å². The Morgan fingerprint density at radius 1 is 1.23 bits per heavy atom. The van der Waals surface area contributed by atoms with Crippen molar-refractivity contribution in [2.75, 3.05) is 13.1 Å². The van der Waals surface area contributed by atoms with Crippen LogP contribution in [0.5, 0.6) is 0 Å². The number of hydrogen-bond donors (Lipinski definition) is 1. The second-order valence-electron chi connectivity index (χ2n) is 6.22. The Hall–Kier alpha value is -1.42. The Morgan fingerprint density at radius 2 is 1.95 bits per heavy atom. The summed E-state index contributed by atoms with van der Waals surface area (Å²) in [4.78, 5) is 2.32. The zero-order chi connectivity index (χ0) is 15.6. The molecule has 2 aliphatic rings. The molecule has 2 fully saturated rings. The van der Waals surface area contributed by atoms with Crippen molar-refractivity contribution in [3.8, 4) is 6.07 Å². The van der Waals surface area contributed by atoms with Gasteiger partial charge in [0.2, 0.25) is 10.0 Å². The van der Waals surface area contributed by atoms with E-state index in [-0.39, 0.29) is 11.3 Å². The number of piperidine rings is 1. The number of nitriles is 1. The van der Waals surface area contributed by atoms with Crippen molar-refractivity contribution in [1.82, 2.24) is 9.62 Å². The molecule has 1 aliphatic heterocycles. The fourth-order valence-corrected chi connectivity index (χ4v) is 4.56. The molecule has 5 nitrogen and oxygen atoms in total. The molecule has 0 spiro atoms. The molecule has 0 amide bonds. The smallest absolute Gasteiger partial charge is 0.214 e. The molecule has 6 heteroatoms. The van der Waals surface area contributed by atoms with E-state index in [0.717, 1.165) is 50.9 Å². The van der Waals surface area contributed by atoms with Crippen LogP contribution in [0.25, 0.3) is 0 Å². The maximum Gasteiger partial charge on any atom is 0.214 e. The molecule has 1 aromatic carbocycles. The standard InChI is InChI=1S/C16H21N3O2S/c17-11-13-2-1-3-14(10-13)12-19-8-6-15(7-9-19)18-22(20,21)16-4-5-16/h1-3,10,15-16,18H,4-9,12H2. The molecule has 3 rings (SSSR count). The molecule has 1 aromatic rings. The molecule has 1 heterocycles. The number of rotatable bonds is 5. The molecule has 1 N–H and O–H groups in total. The van der Waals surface area contributed by atoms with Gasteiger partial charge in [0, 0.05) is 25.7 Å². The van der Waals surface area contributed by atoms with Gasteiger partial charge in [-0.25, -0.2) is 13.1 Å². The maximum absolute atomic E-state index is 11.9. The van der Waals surface area contributed by atoms with Crippen molar-refractivity contribution in [2.45, 2.75) is 43.5 Å². The average Bonchev–Trinajstić information content (AvgIpc) is 3.34. The van der Waals surface area contributed by atoms with Gasteiger partial charge in [0.1, 0.15) is 0 Å². The quantitative estimate of drug-likeness (QED) is 0.895. The lowest BCUT2D eigenvalue weighted by atomic mass is 10.0. The lowest BCUT2D eigenvalue weighted by Crippen LogP contribution is -2.45. The first-order valence-corrected chi connectivity index (χ1v) is 9.34.